The highest BCUT2D eigenvalue weighted by atomic mass is 16.5. The van der Waals surface area contributed by atoms with Crippen LogP contribution in [0.5, 0.6) is 5.75 Å². The Bertz CT molecular complexity index is 818. The van der Waals surface area contributed by atoms with Crippen LogP contribution in [0.1, 0.15) is 24.5 Å². The van der Waals surface area contributed by atoms with Crippen molar-refractivity contribution in [2.45, 2.75) is 26.2 Å². The van der Waals surface area contributed by atoms with Crippen LogP contribution in [0.25, 0.3) is 0 Å². The number of ether oxygens (including phenoxy) is 1. The Morgan fingerprint density at radius 3 is 2.63 bits per heavy atom. The van der Waals surface area contributed by atoms with Crippen molar-refractivity contribution >= 4 is 23.3 Å². The minimum absolute atomic E-state index is 0.155. The smallest absolute Gasteiger partial charge is 0.319 e. The average Bonchev–Trinajstić information content (AvgIpc) is 2.68. The summed E-state index contributed by atoms with van der Waals surface area (Å²) in [6.45, 7) is 3.17. The highest BCUT2D eigenvalue weighted by Crippen LogP contribution is 2.30. The van der Waals surface area contributed by atoms with E-state index in [-0.39, 0.29) is 11.9 Å². The normalized spacial score (nSPS) is 13.1. The van der Waals surface area contributed by atoms with E-state index in [0.29, 0.717) is 25.9 Å². The molecule has 142 valence electrons. The fourth-order valence-corrected chi connectivity index (χ4v) is 3.27. The number of aryl methyl sites for hydroxylation is 1. The first-order chi connectivity index (χ1) is 13.1. The lowest BCUT2D eigenvalue weighted by Gasteiger charge is -2.28. The van der Waals surface area contributed by atoms with Crippen molar-refractivity contribution in [3.63, 3.8) is 0 Å². The Hall–Kier alpha value is -3.02. The Morgan fingerprint density at radius 2 is 1.93 bits per heavy atom. The van der Waals surface area contributed by atoms with Gasteiger partial charge >= 0.3 is 6.03 Å². The van der Waals surface area contributed by atoms with Gasteiger partial charge in [-0.15, -0.1) is 0 Å². The number of nitrogens with one attached hydrogen (secondary N) is 2. The number of amides is 3. The first-order valence-electron chi connectivity index (χ1n) is 9.21. The van der Waals surface area contributed by atoms with E-state index in [1.165, 1.54) is 0 Å². The minimum atomic E-state index is -0.234. The molecule has 2 aromatic carbocycles. The fraction of sp³-hybridized carbons (Fsp3) is 0.333. The summed E-state index contributed by atoms with van der Waals surface area (Å²) in [5, 5.41) is 5.74. The van der Waals surface area contributed by atoms with Crippen LogP contribution in [-0.4, -0.2) is 32.1 Å². The molecule has 0 spiro atoms. The van der Waals surface area contributed by atoms with Crippen molar-refractivity contribution < 1.29 is 14.3 Å². The topological polar surface area (TPSA) is 70.7 Å². The second-order valence-electron chi connectivity index (χ2n) is 6.46. The van der Waals surface area contributed by atoms with E-state index in [2.05, 4.69) is 10.6 Å². The maximum absolute atomic E-state index is 12.1. The molecule has 0 saturated heterocycles. The number of benzene rings is 2. The van der Waals surface area contributed by atoms with E-state index >= 15 is 0 Å². The van der Waals surface area contributed by atoms with E-state index in [1.54, 1.807) is 12.0 Å². The van der Waals surface area contributed by atoms with Gasteiger partial charge in [-0.2, -0.15) is 0 Å². The van der Waals surface area contributed by atoms with Crippen LogP contribution in [0.15, 0.2) is 42.5 Å². The molecule has 2 N–H and O–H groups in total. The zero-order chi connectivity index (χ0) is 19.2. The third-order valence-corrected chi connectivity index (χ3v) is 4.71. The van der Waals surface area contributed by atoms with Gasteiger partial charge in [0, 0.05) is 30.9 Å². The van der Waals surface area contributed by atoms with Crippen LogP contribution >= 0.6 is 0 Å². The summed E-state index contributed by atoms with van der Waals surface area (Å²) in [6, 6.07) is 13.3. The number of carbonyl (C=O) groups is 2. The molecule has 0 aliphatic carbocycles. The predicted molar refractivity (Wildman–Crippen MR) is 107 cm³/mol. The van der Waals surface area contributed by atoms with Crippen molar-refractivity contribution in [2.24, 2.45) is 0 Å². The molecule has 1 aliphatic rings. The van der Waals surface area contributed by atoms with Crippen LogP contribution in [0.4, 0.5) is 16.2 Å². The molecule has 0 atom stereocenters. The number of carbonyl (C=O) groups excluding carboxylic acids is 2. The van der Waals surface area contributed by atoms with Crippen molar-refractivity contribution in [3.8, 4) is 5.75 Å². The van der Waals surface area contributed by atoms with E-state index in [0.717, 1.165) is 34.7 Å². The van der Waals surface area contributed by atoms with Gasteiger partial charge in [0.15, 0.2) is 0 Å². The largest absolute Gasteiger partial charge is 0.497 e. The molecular weight excluding hydrogens is 342 g/mol. The Labute approximate surface area is 159 Å². The quantitative estimate of drug-likeness (QED) is 0.822. The standard InChI is InChI=1S/C21H25N3O3/c1-3-24-19-10-7-17(14-16(19)6-11-20(24)25)23-21(26)22-13-12-15-4-8-18(27-2)9-5-15/h4-5,7-10,14H,3,6,11-13H2,1-2H3,(H2,22,23,26). The second kappa shape index (κ2) is 8.58. The molecular formula is C21H25N3O3. The Kier molecular flexibility index (Phi) is 5.96. The van der Waals surface area contributed by atoms with Crippen LogP contribution in [0.2, 0.25) is 0 Å². The first kappa shape index (κ1) is 18.8. The highest BCUT2D eigenvalue weighted by Gasteiger charge is 2.22. The molecule has 2 aromatic rings. The molecule has 1 aliphatic heterocycles. The number of fused-ring (bicyclic) bond motifs is 1. The highest BCUT2D eigenvalue weighted by molar-refractivity contribution is 5.97. The monoisotopic (exact) mass is 367 g/mol. The molecule has 27 heavy (non-hydrogen) atoms. The van der Waals surface area contributed by atoms with Gasteiger partial charge in [-0.25, -0.2) is 4.79 Å². The second-order valence-corrected chi connectivity index (χ2v) is 6.46. The van der Waals surface area contributed by atoms with E-state index < -0.39 is 0 Å². The Balaban J connectivity index is 1.52. The molecule has 0 aromatic heterocycles. The van der Waals surface area contributed by atoms with Crippen molar-refractivity contribution in [1.82, 2.24) is 5.32 Å². The molecule has 1 heterocycles. The lowest BCUT2D eigenvalue weighted by Crippen LogP contribution is -2.35. The van der Waals surface area contributed by atoms with Gasteiger partial charge in [-0.1, -0.05) is 12.1 Å². The summed E-state index contributed by atoms with van der Waals surface area (Å²) in [4.78, 5) is 25.9. The van der Waals surface area contributed by atoms with Gasteiger partial charge < -0.3 is 20.3 Å². The van der Waals surface area contributed by atoms with Gasteiger partial charge in [0.1, 0.15) is 5.75 Å². The molecule has 6 nitrogen and oxygen atoms in total. The third-order valence-electron chi connectivity index (χ3n) is 4.71. The first-order valence-corrected chi connectivity index (χ1v) is 9.21. The molecule has 3 amide bonds. The average molecular weight is 367 g/mol. The summed E-state index contributed by atoms with van der Waals surface area (Å²) >= 11 is 0. The summed E-state index contributed by atoms with van der Waals surface area (Å²) in [7, 11) is 1.64. The number of hydrogen-bond donors (Lipinski definition) is 2. The zero-order valence-corrected chi connectivity index (χ0v) is 15.7. The van der Waals surface area contributed by atoms with Crippen molar-refractivity contribution in [3.05, 3.63) is 53.6 Å². The van der Waals surface area contributed by atoms with Crippen LogP contribution in [0.3, 0.4) is 0 Å². The molecule has 0 radical (unpaired) electrons. The maximum atomic E-state index is 12.1. The number of urea groups is 1. The van der Waals surface area contributed by atoms with Crippen LogP contribution in [-0.2, 0) is 17.6 Å². The molecule has 0 fully saturated rings. The molecule has 0 saturated carbocycles. The van der Waals surface area contributed by atoms with Gasteiger partial charge in [0.2, 0.25) is 5.91 Å². The van der Waals surface area contributed by atoms with Gasteiger partial charge in [0.25, 0.3) is 0 Å². The number of nitrogens with zero attached hydrogens (tertiary/aromatic N) is 1. The zero-order valence-electron chi connectivity index (χ0n) is 15.7. The van der Waals surface area contributed by atoms with Crippen LogP contribution in [0, 0.1) is 0 Å². The number of hydrogen-bond acceptors (Lipinski definition) is 3. The van der Waals surface area contributed by atoms with E-state index in [9.17, 15) is 9.59 Å². The lowest BCUT2D eigenvalue weighted by molar-refractivity contribution is -0.118. The van der Waals surface area contributed by atoms with E-state index in [1.807, 2.05) is 49.4 Å². The molecule has 0 bridgehead atoms. The predicted octanol–water partition coefficient (Wildman–Crippen LogP) is 3.36. The summed E-state index contributed by atoms with van der Waals surface area (Å²) in [6.07, 6.45) is 1.97. The SMILES string of the molecule is CCN1C(=O)CCc2cc(NC(=O)NCCc3ccc(OC)cc3)ccc21. The molecule has 3 rings (SSSR count). The van der Waals surface area contributed by atoms with Gasteiger partial charge in [0.05, 0.1) is 7.11 Å². The van der Waals surface area contributed by atoms with Crippen LogP contribution < -0.4 is 20.3 Å². The van der Waals surface area contributed by atoms with E-state index in [4.69, 9.17) is 4.74 Å². The Morgan fingerprint density at radius 1 is 1.15 bits per heavy atom. The fourth-order valence-electron chi connectivity index (χ4n) is 3.27. The van der Waals surface area contributed by atoms with Gasteiger partial charge in [-0.3, -0.25) is 4.79 Å². The molecule has 6 heteroatoms. The maximum Gasteiger partial charge on any atom is 0.319 e. The van der Waals surface area contributed by atoms with Gasteiger partial charge in [-0.05, 0) is 61.2 Å². The third kappa shape index (κ3) is 4.58. The summed E-state index contributed by atoms with van der Waals surface area (Å²) < 4.78 is 5.14. The number of rotatable bonds is 6. The van der Waals surface area contributed by atoms with Crippen molar-refractivity contribution in [1.29, 1.82) is 0 Å². The molecule has 0 unspecified atom stereocenters. The number of methoxy groups -OCH3 is 1. The summed E-state index contributed by atoms with van der Waals surface area (Å²) in [5.41, 5.74) is 3.90. The summed E-state index contributed by atoms with van der Waals surface area (Å²) in [5.74, 6) is 0.974. The minimum Gasteiger partial charge on any atom is -0.497 e. The lowest BCUT2D eigenvalue weighted by atomic mass is 10.0. The number of anilines is 2. The van der Waals surface area contributed by atoms with Crippen molar-refractivity contribution in [2.75, 3.05) is 30.4 Å².